The first kappa shape index (κ1) is 23.9. The van der Waals surface area contributed by atoms with Crippen LogP contribution in [0.5, 0.6) is 5.75 Å². The predicted molar refractivity (Wildman–Crippen MR) is 137 cm³/mol. The van der Waals surface area contributed by atoms with Crippen LogP contribution in [-0.4, -0.2) is 63.8 Å². The quantitative estimate of drug-likeness (QED) is 0.392. The van der Waals surface area contributed by atoms with Crippen LogP contribution in [0.2, 0.25) is 0 Å². The summed E-state index contributed by atoms with van der Waals surface area (Å²) in [5.41, 5.74) is 3.94. The molecule has 1 aliphatic heterocycles. The first-order valence-corrected chi connectivity index (χ1v) is 12.2. The van der Waals surface area contributed by atoms with Crippen molar-refractivity contribution in [3.8, 4) is 17.0 Å². The molecule has 0 bridgehead atoms. The Morgan fingerprint density at radius 2 is 1.81 bits per heavy atom. The van der Waals surface area contributed by atoms with E-state index in [9.17, 15) is 9.18 Å². The second-order valence-electron chi connectivity index (χ2n) is 9.38. The molecule has 7 nitrogen and oxygen atoms in total. The number of hydrogen-bond donors (Lipinski definition) is 0. The number of aromatic nitrogens is 3. The normalized spacial score (nSPS) is 14.5. The third kappa shape index (κ3) is 4.68. The summed E-state index contributed by atoms with van der Waals surface area (Å²) in [6.45, 7) is 7.36. The number of nitrogens with zero attached hydrogens (tertiary/aromatic N) is 5. The molecule has 8 heteroatoms. The fraction of sp³-hybridized carbons (Fsp3) is 0.321. The molecule has 0 atom stereocenters. The van der Waals surface area contributed by atoms with E-state index in [1.807, 2.05) is 52.0 Å². The van der Waals surface area contributed by atoms with Crippen molar-refractivity contribution in [2.75, 3.05) is 33.3 Å². The van der Waals surface area contributed by atoms with Crippen LogP contribution in [0.1, 0.15) is 35.8 Å². The minimum atomic E-state index is -0.360. The number of rotatable bonds is 6. The number of fused-ring (bicyclic) bond motifs is 1. The molecule has 1 saturated heterocycles. The molecule has 2 aromatic carbocycles. The molecule has 2 aromatic heterocycles. The lowest BCUT2D eigenvalue weighted by atomic mass is 10.1. The van der Waals surface area contributed by atoms with Gasteiger partial charge in [0, 0.05) is 44.3 Å². The summed E-state index contributed by atoms with van der Waals surface area (Å²) in [4.78, 5) is 22.7. The summed E-state index contributed by atoms with van der Waals surface area (Å²) in [5, 5.41) is 5.30. The van der Waals surface area contributed by atoms with E-state index in [0.29, 0.717) is 38.3 Å². The number of benzene rings is 2. The fourth-order valence-corrected chi connectivity index (χ4v) is 4.68. The van der Waals surface area contributed by atoms with Crippen molar-refractivity contribution in [1.82, 2.24) is 24.6 Å². The summed E-state index contributed by atoms with van der Waals surface area (Å²) in [7, 11) is 1.46. The molecule has 1 fully saturated rings. The highest BCUT2D eigenvalue weighted by Gasteiger charge is 2.26. The first-order chi connectivity index (χ1) is 17.4. The molecular weight excluding hydrogens is 457 g/mol. The van der Waals surface area contributed by atoms with E-state index in [2.05, 4.69) is 23.8 Å². The summed E-state index contributed by atoms with van der Waals surface area (Å²) < 4.78 is 21.0. The van der Waals surface area contributed by atoms with Crippen LogP contribution in [0.4, 0.5) is 4.39 Å². The third-order valence-electron chi connectivity index (χ3n) is 6.64. The van der Waals surface area contributed by atoms with E-state index >= 15 is 0 Å². The molecule has 1 amide bonds. The molecule has 4 aromatic rings. The molecule has 3 heterocycles. The standard InChI is InChI=1S/C28H30FN5O2/c1-19(2)34-27-23(17-30-34)22(16-25(31-27)21-7-5-4-6-8-21)28(35)33-13-11-32(12-14-33)18-20-9-10-26(36-3)24(29)15-20/h4-10,15-17,19H,11-14,18H2,1-3H3. The largest absolute Gasteiger partial charge is 0.494 e. The van der Waals surface area contributed by atoms with Gasteiger partial charge in [0.1, 0.15) is 0 Å². The third-order valence-corrected chi connectivity index (χ3v) is 6.64. The van der Waals surface area contributed by atoms with E-state index in [0.717, 1.165) is 27.9 Å². The Labute approximate surface area is 210 Å². The zero-order valence-electron chi connectivity index (χ0n) is 20.8. The van der Waals surface area contributed by atoms with Gasteiger partial charge in [-0.25, -0.2) is 14.1 Å². The van der Waals surface area contributed by atoms with Crippen molar-refractivity contribution < 1.29 is 13.9 Å². The van der Waals surface area contributed by atoms with Crippen molar-refractivity contribution in [3.63, 3.8) is 0 Å². The van der Waals surface area contributed by atoms with Crippen molar-refractivity contribution in [2.24, 2.45) is 0 Å². The Kier molecular flexibility index (Phi) is 6.69. The molecule has 0 N–H and O–H groups in total. The number of piperazine rings is 1. The molecule has 0 saturated carbocycles. The van der Waals surface area contributed by atoms with Gasteiger partial charge in [-0.15, -0.1) is 0 Å². The Morgan fingerprint density at radius 1 is 1.06 bits per heavy atom. The lowest BCUT2D eigenvalue weighted by Gasteiger charge is -2.35. The average molecular weight is 488 g/mol. The lowest BCUT2D eigenvalue weighted by Crippen LogP contribution is -2.48. The van der Waals surface area contributed by atoms with Gasteiger partial charge in [0.2, 0.25) is 0 Å². The summed E-state index contributed by atoms with van der Waals surface area (Å²) in [6.07, 6.45) is 1.75. The number of ether oxygens (including phenoxy) is 1. The zero-order chi connectivity index (χ0) is 25.2. The van der Waals surface area contributed by atoms with Gasteiger partial charge in [-0.3, -0.25) is 9.69 Å². The zero-order valence-corrected chi connectivity index (χ0v) is 20.8. The van der Waals surface area contributed by atoms with E-state index in [1.54, 1.807) is 12.3 Å². The van der Waals surface area contributed by atoms with Crippen molar-refractivity contribution in [3.05, 3.63) is 77.7 Å². The number of hydrogen-bond acceptors (Lipinski definition) is 5. The molecule has 0 radical (unpaired) electrons. The number of amides is 1. The smallest absolute Gasteiger partial charge is 0.254 e. The molecule has 5 rings (SSSR count). The monoisotopic (exact) mass is 487 g/mol. The second kappa shape index (κ2) is 10.1. The summed E-state index contributed by atoms with van der Waals surface area (Å²) in [5.74, 6) is -0.131. The van der Waals surface area contributed by atoms with E-state index in [4.69, 9.17) is 9.72 Å². The number of carbonyl (C=O) groups is 1. The van der Waals surface area contributed by atoms with Crippen LogP contribution in [0.3, 0.4) is 0 Å². The molecule has 0 aliphatic carbocycles. The van der Waals surface area contributed by atoms with Crippen LogP contribution < -0.4 is 4.74 Å². The number of carbonyl (C=O) groups excluding carboxylic acids is 1. The van der Waals surface area contributed by atoms with Crippen molar-refractivity contribution >= 4 is 16.9 Å². The molecule has 186 valence electrons. The maximum Gasteiger partial charge on any atom is 0.254 e. The molecule has 0 unspecified atom stereocenters. The van der Waals surface area contributed by atoms with Gasteiger partial charge in [0.15, 0.2) is 17.2 Å². The SMILES string of the molecule is COc1ccc(CN2CCN(C(=O)c3cc(-c4ccccc4)nc4c3cnn4C(C)C)CC2)cc1F. The minimum absolute atomic E-state index is 0.0157. The van der Waals surface area contributed by atoms with Crippen LogP contribution in [-0.2, 0) is 6.54 Å². The topological polar surface area (TPSA) is 63.5 Å². The molecule has 1 aliphatic rings. The summed E-state index contributed by atoms with van der Waals surface area (Å²) in [6, 6.07) is 17.0. The number of halogens is 1. The molecular formula is C28H30FN5O2. The van der Waals surface area contributed by atoms with Gasteiger partial charge in [-0.1, -0.05) is 36.4 Å². The Morgan fingerprint density at radius 3 is 2.47 bits per heavy atom. The van der Waals surface area contributed by atoms with Gasteiger partial charge < -0.3 is 9.64 Å². The van der Waals surface area contributed by atoms with Crippen LogP contribution in [0, 0.1) is 5.82 Å². The van der Waals surface area contributed by atoms with E-state index in [1.165, 1.54) is 13.2 Å². The van der Waals surface area contributed by atoms with Gasteiger partial charge in [0.05, 0.1) is 30.0 Å². The average Bonchev–Trinajstić information content (AvgIpc) is 3.33. The number of methoxy groups -OCH3 is 1. The van der Waals surface area contributed by atoms with E-state index in [-0.39, 0.29) is 23.5 Å². The molecule has 36 heavy (non-hydrogen) atoms. The maximum atomic E-state index is 14.1. The second-order valence-corrected chi connectivity index (χ2v) is 9.38. The van der Waals surface area contributed by atoms with Gasteiger partial charge in [0.25, 0.3) is 5.91 Å². The maximum absolute atomic E-state index is 14.1. The van der Waals surface area contributed by atoms with Gasteiger partial charge >= 0.3 is 0 Å². The lowest BCUT2D eigenvalue weighted by molar-refractivity contribution is 0.0630. The van der Waals surface area contributed by atoms with Crippen molar-refractivity contribution in [1.29, 1.82) is 0 Å². The van der Waals surface area contributed by atoms with Crippen molar-refractivity contribution in [2.45, 2.75) is 26.4 Å². The number of pyridine rings is 1. The predicted octanol–water partition coefficient (Wildman–Crippen LogP) is 4.78. The van der Waals surface area contributed by atoms with E-state index < -0.39 is 0 Å². The highest BCUT2D eigenvalue weighted by atomic mass is 19.1. The molecule has 0 spiro atoms. The van der Waals surface area contributed by atoms with Crippen LogP contribution in [0.15, 0.2) is 60.8 Å². The van der Waals surface area contributed by atoms with Crippen LogP contribution >= 0.6 is 0 Å². The summed E-state index contributed by atoms with van der Waals surface area (Å²) >= 11 is 0. The van der Waals surface area contributed by atoms with Crippen LogP contribution in [0.25, 0.3) is 22.3 Å². The Balaban J connectivity index is 1.37. The minimum Gasteiger partial charge on any atom is -0.494 e. The van der Waals surface area contributed by atoms with Gasteiger partial charge in [-0.2, -0.15) is 5.10 Å². The first-order valence-electron chi connectivity index (χ1n) is 12.2. The van der Waals surface area contributed by atoms with Gasteiger partial charge in [-0.05, 0) is 37.6 Å². The highest BCUT2D eigenvalue weighted by molar-refractivity contribution is 6.06. The highest BCUT2D eigenvalue weighted by Crippen LogP contribution is 2.28. The Bertz CT molecular complexity index is 1380. The fourth-order valence-electron chi connectivity index (χ4n) is 4.68. The Hall–Kier alpha value is -3.78.